The standard InChI is InChI=1S/C12H6BrF2N3/c13-9-4-7(14)5-10(15)12(9)18-11-3-1-2-8(6-16)17-11/h1-5H,(H,17,18). The minimum absolute atomic E-state index is 0.0685. The molecule has 1 N–H and O–H groups in total. The second-order valence-corrected chi connectivity index (χ2v) is 4.24. The number of halogens is 3. The van der Waals surface area contributed by atoms with Gasteiger partial charge in [0.1, 0.15) is 23.4 Å². The monoisotopic (exact) mass is 309 g/mol. The summed E-state index contributed by atoms with van der Waals surface area (Å²) in [6.45, 7) is 0. The average Bonchev–Trinajstić information content (AvgIpc) is 2.34. The fourth-order valence-electron chi connectivity index (χ4n) is 1.36. The molecule has 3 nitrogen and oxygen atoms in total. The summed E-state index contributed by atoms with van der Waals surface area (Å²) in [5.41, 5.74) is 0.276. The third-order valence-electron chi connectivity index (χ3n) is 2.12. The van der Waals surface area contributed by atoms with Gasteiger partial charge in [-0.3, -0.25) is 0 Å². The first-order valence-corrected chi connectivity index (χ1v) is 5.68. The maximum Gasteiger partial charge on any atom is 0.150 e. The van der Waals surface area contributed by atoms with E-state index in [0.717, 1.165) is 12.1 Å². The number of aromatic nitrogens is 1. The number of hydrogen-bond donors (Lipinski definition) is 1. The smallest absolute Gasteiger partial charge is 0.150 e. The van der Waals surface area contributed by atoms with E-state index in [1.54, 1.807) is 12.1 Å². The highest BCUT2D eigenvalue weighted by Crippen LogP contribution is 2.29. The van der Waals surface area contributed by atoms with Crippen molar-refractivity contribution in [3.05, 3.63) is 52.1 Å². The van der Waals surface area contributed by atoms with Gasteiger partial charge in [0.25, 0.3) is 0 Å². The van der Waals surface area contributed by atoms with Gasteiger partial charge in [0.2, 0.25) is 0 Å². The zero-order valence-corrected chi connectivity index (χ0v) is 10.5. The van der Waals surface area contributed by atoms with Gasteiger partial charge in [-0.2, -0.15) is 5.26 Å². The largest absolute Gasteiger partial charge is 0.337 e. The molecule has 0 saturated carbocycles. The van der Waals surface area contributed by atoms with Crippen LogP contribution in [0.4, 0.5) is 20.3 Å². The van der Waals surface area contributed by atoms with Crippen molar-refractivity contribution in [2.75, 3.05) is 5.32 Å². The van der Waals surface area contributed by atoms with Crippen molar-refractivity contribution in [3.63, 3.8) is 0 Å². The predicted octanol–water partition coefficient (Wildman–Crippen LogP) is 3.74. The van der Waals surface area contributed by atoms with Crippen LogP contribution in [0.5, 0.6) is 0 Å². The lowest BCUT2D eigenvalue weighted by atomic mass is 10.3. The SMILES string of the molecule is N#Cc1cccc(Nc2c(F)cc(F)cc2Br)n1. The molecule has 0 atom stereocenters. The Bertz CT molecular complexity index is 614. The molecule has 0 aliphatic rings. The van der Waals surface area contributed by atoms with Crippen LogP contribution in [-0.2, 0) is 0 Å². The van der Waals surface area contributed by atoms with Gasteiger partial charge in [-0.15, -0.1) is 0 Å². The number of rotatable bonds is 2. The van der Waals surface area contributed by atoms with Crippen molar-refractivity contribution in [2.24, 2.45) is 0 Å². The van der Waals surface area contributed by atoms with E-state index in [2.05, 4.69) is 26.2 Å². The predicted molar refractivity (Wildman–Crippen MR) is 66.3 cm³/mol. The molecule has 0 amide bonds. The molecule has 0 radical (unpaired) electrons. The Morgan fingerprint density at radius 2 is 2.06 bits per heavy atom. The molecule has 0 unspecified atom stereocenters. The number of nitrogens with one attached hydrogen (secondary N) is 1. The molecule has 1 aromatic heterocycles. The molecule has 2 aromatic rings. The van der Waals surface area contributed by atoms with E-state index >= 15 is 0 Å². The Morgan fingerprint density at radius 3 is 2.72 bits per heavy atom. The molecule has 1 aromatic carbocycles. The number of pyridine rings is 1. The average molecular weight is 310 g/mol. The van der Waals surface area contributed by atoms with E-state index < -0.39 is 11.6 Å². The van der Waals surface area contributed by atoms with Crippen molar-refractivity contribution in [1.82, 2.24) is 4.98 Å². The summed E-state index contributed by atoms with van der Waals surface area (Å²) in [5, 5.41) is 11.4. The maximum atomic E-state index is 13.6. The van der Waals surface area contributed by atoms with Crippen molar-refractivity contribution < 1.29 is 8.78 Å². The molecule has 90 valence electrons. The summed E-state index contributed by atoms with van der Waals surface area (Å²) in [6.07, 6.45) is 0. The van der Waals surface area contributed by atoms with E-state index in [-0.39, 0.29) is 15.9 Å². The zero-order valence-electron chi connectivity index (χ0n) is 8.92. The normalized spacial score (nSPS) is 9.89. The van der Waals surface area contributed by atoms with Crippen molar-refractivity contribution in [1.29, 1.82) is 5.26 Å². The molecule has 1 heterocycles. The second-order valence-electron chi connectivity index (χ2n) is 3.39. The van der Waals surface area contributed by atoms with Gasteiger partial charge in [-0.1, -0.05) is 6.07 Å². The summed E-state index contributed by atoms with van der Waals surface area (Å²) < 4.78 is 26.7. The lowest BCUT2D eigenvalue weighted by Crippen LogP contribution is -1.99. The van der Waals surface area contributed by atoms with Gasteiger partial charge < -0.3 is 5.32 Å². The van der Waals surface area contributed by atoms with E-state index in [1.165, 1.54) is 6.07 Å². The molecule has 18 heavy (non-hydrogen) atoms. The van der Waals surface area contributed by atoms with Crippen LogP contribution in [-0.4, -0.2) is 4.98 Å². The van der Waals surface area contributed by atoms with Gasteiger partial charge in [0, 0.05) is 10.5 Å². The highest BCUT2D eigenvalue weighted by molar-refractivity contribution is 9.10. The molecule has 0 saturated heterocycles. The van der Waals surface area contributed by atoms with Gasteiger partial charge >= 0.3 is 0 Å². The summed E-state index contributed by atoms with van der Waals surface area (Å²) in [5.74, 6) is -1.12. The van der Waals surface area contributed by atoms with Crippen LogP contribution in [0, 0.1) is 23.0 Å². The fraction of sp³-hybridized carbons (Fsp3) is 0. The van der Waals surface area contributed by atoms with E-state index in [9.17, 15) is 8.78 Å². The molecule has 0 spiro atoms. The van der Waals surface area contributed by atoms with Crippen molar-refractivity contribution >= 4 is 27.4 Å². The Hall–Kier alpha value is -2.00. The van der Waals surface area contributed by atoms with Crippen LogP contribution in [0.25, 0.3) is 0 Å². The van der Waals surface area contributed by atoms with Gasteiger partial charge in [0.15, 0.2) is 5.82 Å². The Balaban J connectivity index is 2.37. The molecule has 0 aliphatic heterocycles. The van der Waals surface area contributed by atoms with Crippen LogP contribution in [0.3, 0.4) is 0 Å². The third-order valence-corrected chi connectivity index (χ3v) is 2.75. The first-order chi connectivity index (χ1) is 8.60. The molecular formula is C12H6BrF2N3. The molecule has 0 bridgehead atoms. The van der Waals surface area contributed by atoms with Crippen LogP contribution < -0.4 is 5.32 Å². The molecule has 0 fully saturated rings. The van der Waals surface area contributed by atoms with Crippen LogP contribution in [0.15, 0.2) is 34.8 Å². The highest BCUT2D eigenvalue weighted by atomic mass is 79.9. The zero-order chi connectivity index (χ0) is 13.1. The molecule has 2 rings (SSSR count). The molecule has 0 aliphatic carbocycles. The first kappa shape index (κ1) is 12.5. The Morgan fingerprint density at radius 1 is 1.28 bits per heavy atom. The summed E-state index contributed by atoms with van der Waals surface area (Å²) in [7, 11) is 0. The van der Waals surface area contributed by atoms with Crippen LogP contribution in [0.2, 0.25) is 0 Å². The number of anilines is 2. The topological polar surface area (TPSA) is 48.7 Å². The Labute approximate surface area is 110 Å². The summed E-state index contributed by atoms with van der Waals surface area (Å²) >= 11 is 3.06. The fourth-order valence-corrected chi connectivity index (χ4v) is 1.86. The number of benzene rings is 1. The van der Waals surface area contributed by atoms with Crippen LogP contribution >= 0.6 is 15.9 Å². The van der Waals surface area contributed by atoms with Gasteiger partial charge in [-0.05, 0) is 34.1 Å². The van der Waals surface area contributed by atoms with E-state index in [0.29, 0.717) is 5.82 Å². The lowest BCUT2D eigenvalue weighted by molar-refractivity contribution is 0.584. The summed E-state index contributed by atoms with van der Waals surface area (Å²) in [6, 6.07) is 8.50. The quantitative estimate of drug-likeness (QED) is 0.919. The maximum absolute atomic E-state index is 13.6. The third kappa shape index (κ3) is 2.63. The number of nitrogens with zero attached hydrogens (tertiary/aromatic N) is 2. The van der Waals surface area contributed by atoms with Gasteiger partial charge in [-0.25, -0.2) is 13.8 Å². The number of nitriles is 1. The van der Waals surface area contributed by atoms with E-state index in [1.807, 2.05) is 6.07 Å². The minimum Gasteiger partial charge on any atom is -0.337 e. The highest BCUT2D eigenvalue weighted by Gasteiger charge is 2.10. The van der Waals surface area contributed by atoms with Gasteiger partial charge in [0.05, 0.1) is 5.69 Å². The second kappa shape index (κ2) is 5.10. The Kier molecular flexibility index (Phi) is 3.53. The number of hydrogen-bond acceptors (Lipinski definition) is 3. The minimum atomic E-state index is -0.744. The van der Waals surface area contributed by atoms with E-state index in [4.69, 9.17) is 5.26 Å². The summed E-state index contributed by atoms with van der Waals surface area (Å²) in [4.78, 5) is 3.94. The first-order valence-electron chi connectivity index (χ1n) is 4.89. The lowest BCUT2D eigenvalue weighted by Gasteiger charge is -2.09. The molecular weight excluding hydrogens is 304 g/mol. The molecule has 6 heteroatoms. The van der Waals surface area contributed by atoms with Crippen LogP contribution in [0.1, 0.15) is 5.69 Å². The van der Waals surface area contributed by atoms with Crippen molar-refractivity contribution in [3.8, 4) is 6.07 Å². The van der Waals surface area contributed by atoms with Crippen molar-refractivity contribution in [2.45, 2.75) is 0 Å².